The topological polar surface area (TPSA) is 54.5 Å². The van der Waals surface area contributed by atoms with E-state index in [2.05, 4.69) is 0 Å². The highest BCUT2D eigenvalue weighted by atomic mass is 32.2. The van der Waals surface area contributed by atoms with Gasteiger partial charge in [-0.1, -0.05) is 12.1 Å². The van der Waals surface area contributed by atoms with Gasteiger partial charge in [-0.15, -0.1) is 0 Å². The summed E-state index contributed by atoms with van der Waals surface area (Å²) in [5, 5.41) is 0. The molecule has 0 aromatic heterocycles. The van der Waals surface area contributed by atoms with Crippen LogP contribution in [0.2, 0.25) is 0 Å². The third kappa shape index (κ3) is 4.04. The monoisotopic (exact) mass is 365 g/mol. The highest BCUT2D eigenvalue weighted by molar-refractivity contribution is 7.90. The van der Waals surface area contributed by atoms with Crippen LogP contribution >= 0.6 is 0 Å². The molecule has 1 amide bonds. The molecule has 0 N–H and O–H groups in total. The fourth-order valence-electron chi connectivity index (χ4n) is 2.61. The first-order chi connectivity index (χ1) is 11.8. The van der Waals surface area contributed by atoms with Gasteiger partial charge in [0.1, 0.15) is 11.6 Å². The minimum absolute atomic E-state index is 0.0126. The lowest BCUT2D eigenvalue weighted by Gasteiger charge is -2.23. The van der Waals surface area contributed by atoms with Gasteiger partial charge in [0.15, 0.2) is 9.84 Å². The summed E-state index contributed by atoms with van der Waals surface area (Å²) < 4.78 is 50.3. The Morgan fingerprint density at radius 1 is 1.16 bits per heavy atom. The maximum atomic E-state index is 13.9. The average Bonchev–Trinajstić information content (AvgIpc) is 3.38. The zero-order valence-corrected chi connectivity index (χ0v) is 14.4. The molecule has 0 spiro atoms. The molecule has 4 nitrogen and oxygen atoms in total. The van der Waals surface area contributed by atoms with Crippen molar-refractivity contribution in [2.75, 3.05) is 6.26 Å². The van der Waals surface area contributed by atoms with Crippen LogP contribution in [0.15, 0.2) is 47.4 Å². The molecule has 3 rings (SSSR count). The second kappa shape index (κ2) is 6.55. The van der Waals surface area contributed by atoms with E-state index >= 15 is 0 Å². The van der Waals surface area contributed by atoms with Crippen LogP contribution < -0.4 is 0 Å². The normalized spacial score (nSPS) is 14.4. The molecule has 0 heterocycles. The van der Waals surface area contributed by atoms with Gasteiger partial charge < -0.3 is 4.90 Å². The Morgan fingerprint density at radius 3 is 2.48 bits per heavy atom. The molecule has 1 saturated carbocycles. The second-order valence-corrected chi connectivity index (χ2v) is 8.22. The molecule has 7 heteroatoms. The summed E-state index contributed by atoms with van der Waals surface area (Å²) in [7, 11) is -3.43. The number of rotatable bonds is 5. The Morgan fingerprint density at radius 2 is 1.88 bits per heavy atom. The van der Waals surface area contributed by atoms with Crippen molar-refractivity contribution in [1.29, 1.82) is 0 Å². The lowest BCUT2D eigenvalue weighted by atomic mass is 10.1. The highest BCUT2D eigenvalue weighted by Gasteiger charge is 2.33. The molecule has 2 aromatic rings. The lowest BCUT2D eigenvalue weighted by molar-refractivity contribution is 0.0728. The summed E-state index contributed by atoms with van der Waals surface area (Å²) in [4.78, 5) is 14.4. The molecule has 1 aliphatic carbocycles. The fourth-order valence-corrected chi connectivity index (χ4v) is 3.28. The Hall–Kier alpha value is -2.28. The third-order valence-electron chi connectivity index (χ3n) is 4.11. The van der Waals surface area contributed by atoms with Crippen LogP contribution in [0.4, 0.5) is 8.78 Å². The summed E-state index contributed by atoms with van der Waals surface area (Å²) in [5.74, 6) is -1.74. The quantitative estimate of drug-likeness (QED) is 0.818. The molecule has 1 aliphatic rings. The molecule has 25 heavy (non-hydrogen) atoms. The van der Waals surface area contributed by atoms with Gasteiger partial charge >= 0.3 is 0 Å². The van der Waals surface area contributed by atoms with Crippen molar-refractivity contribution in [2.45, 2.75) is 30.3 Å². The van der Waals surface area contributed by atoms with Gasteiger partial charge in [-0.25, -0.2) is 17.2 Å². The predicted octanol–water partition coefficient (Wildman–Crippen LogP) is 3.17. The van der Waals surface area contributed by atoms with Crippen LogP contribution in [0.25, 0.3) is 0 Å². The minimum Gasteiger partial charge on any atom is -0.331 e. The van der Waals surface area contributed by atoms with Crippen LogP contribution in [-0.2, 0) is 16.4 Å². The van der Waals surface area contributed by atoms with Crippen LogP contribution in [0.3, 0.4) is 0 Å². The van der Waals surface area contributed by atoms with Crippen molar-refractivity contribution in [2.24, 2.45) is 0 Å². The van der Waals surface area contributed by atoms with Crippen molar-refractivity contribution in [3.8, 4) is 0 Å². The van der Waals surface area contributed by atoms with E-state index in [1.54, 1.807) is 0 Å². The number of sulfone groups is 1. The number of carbonyl (C=O) groups excluding carboxylic acids is 1. The average molecular weight is 365 g/mol. The highest BCUT2D eigenvalue weighted by Crippen LogP contribution is 2.30. The van der Waals surface area contributed by atoms with Crippen molar-refractivity contribution >= 4 is 15.7 Å². The van der Waals surface area contributed by atoms with Gasteiger partial charge in [0.25, 0.3) is 5.91 Å². The molecule has 1 fully saturated rings. The van der Waals surface area contributed by atoms with Crippen molar-refractivity contribution in [3.05, 3.63) is 65.2 Å². The summed E-state index contributed by atoms with van der Waals surface area (Å²) in [6, 6.07) is 9.04. The van der Waals surface area contributed by atoms with E-state index in [1.807, 2.05) is 0 Å². The minimum atomic E-state index is -3.43. The molecular weight excluding hydrogens is 348 g/mol. The second-order valence-electron chi connectivity index (χ2n) is 6.20. The van der Waals surface area contributed by atoms with Crippen molar-refractivity contribution < 1.29 is 22.0 Å². The number of hydrogen-bond acceptors (Lipinski definition) is 3. The van der Waals surface area contributed by atoms with E-state index in [0.29, 0.717) is 0 Å². The predicted molar refractivity (Wildman–Crippen MR) is 88.8 cm³/mol. The molecule has 0 aliphatic heterocycles. The van der Waals surface area contributed by atoms with Gasteiger partial charge in [0, 0.05) is 36.0 Å². The first-order valence-electron chi connectivity index (χ1n) is 7.81. The molecule has 0 atom stereocenters. The Balaban J connectivity index is 1.90. The number of nitrogens with zero attached hydrogens (tertiary/aromatic N) is 1. The Bertz CT molecular complexity index is 924. The molecule has 0 bridgehead atoms. The SMILES string of the molecule is CS(=O)(=O)c1cccc(C(=O)N(Cc2ccc(F)cc2F)C2CC2)c1. The molecule has 132 valence electrons. The summed E-state index contributed by atoms with van der Waals surface area (Å²) in [6.45, 7) is 0.0126. The van der Waals surface area contributed by atoms with Gasteiger partial charge in [0.2, 0.25) is 0 Å². The zero-order chi connectivity index (χ0) is 18.2. The summed E-state index contributed by atoms with van der Waals surface area (Å²) in [6.07, 6.45) is 2.68. The van der Waals surface area contributed by atoms with E-state index < -0.39 is 21.5 Å². The van der Waals surface area contributed by atoms with E-state index in [9.17, 15) is 22.0 Å². The Labute approximate surface area is 145 Å². The molecule has 0 radical (unpaired) electrons. The summed E-state index contributed by atoms with van der Waals surface area (Å²) in [5.41, 5.74) is 0.457. The largest absolute Gasteiger partial charge is 0.331 e. The molecular formula is C18H17F2NO3S. The maximum absolute atomic E-state index is 13.9. The van der Waals surface area contributed by atoms with Crippen LogP contribution in [0.5, 0.6) is 0 Å². The number of hydrogen-bond donors (Lipinski definition) is 0. The van der Waals surface area contributed by atoms with Crippen LogP contribution in [-0.4, -0.2) is 31.5 Å². The number of carbonyl (C=O) groups is 1. The Kier molecular flexibility index (Phi) is 4.60. The van der Waals surface area contributed by atoms with Crippen LogP contribution in [0.1, 0.15) is 28.8 Å². The van der Waals surface area contributed by atoms with Gasteiger partial charge in [-0.3, -0.25) is 4.79 Å². The summed E-state index contributed by atoms with van der Waals surface area (Å²) >= 11 is 0. The first kappa shape index (κ1) is 17.5. The third-order valence-corrected chi connectivity index (χ3v) is 5.22. The maximum Gasteiger partial charge on any atom is 0.254 e. The van der Waals surface area contributed by atoms with E-state index in [4.69, 9.17) is 0 Å². The van der Waals surface area contributed by atoms with Crippen molar-refractivity contribution in [1.82, 2.24) is 4.90 Å². The first-order valence-corrected chi connectivity index (χ1v) is 9.70. The van der Waals surface area contributed by atoms with Crippen LogP contribution in [0, 0.1) is 11.6 Å². The van der Waals surface area contributed by atoms with Gasteiger partial charge in [-0.05, 0) is 37.1 Å². The van der Waals surface area contributed by atoms with Crippen molar-refractivity contribution in [3.63, 3.8) is 0 Å². The number of benzene rings is 2. The van der Waals surface area contributed by atoms with E-state index in [-0.39, 0.29) is 34.5 Å². The van der Waals surface area contributed by atoms with Gasteiger partial charge in [-0.2, -0.15) is 0 Å². The molecule has 2 aromatic carbocycles. The van der Waals surface area contributed by atoms with E-state index in [1.165, 1.54) is 35.2 Å². The molecule has 0 saturated heterocycles. The lowest BCUT2D eigenvalue weighted by Crippen LogP contribution is -2.33. The number of amides is 1. The smallest absolute Gasteiger partial charge is 0.254 e. The van der Waals surface area contributed by atoms with Gasteiger partial charge in [0.05, 0.1) is 4.90 Å². The fraction of sp³-hybridized carbons (Fsp3) is 0.278. The van der Waals surface area contributed by atoms with E-state index in [0.717, 1.165) is 31.2 Å². The number of halogens is 2. The standard InChI is InChI=1S/C18H17F2NO3S/c1-25(23,24)16-4-2-3-12(9-16)18(22)21(15-7-8-15)11-13-5-6-14(19)10-17(13)20/h2-6,9-10,15H,7-8,11H2,1H3. The molecule has 0 unspecified atom stereocenters. The zero-order valence-electron chi connectivity index (χ0n) is 13.6.